The summed E-state index contributed by atoms with van der Waals surface area (Å²) < 4.78 is 1.78. The number of rotatable bonds is 3. The van der Waals surface area contributed by atoms with Gasteiger partial charge in [-0.15, -0.1) is 0 Å². The normalized spacial score (nSPS) is 22.7. The number of piperidine rings is 1. The molecule has 1 saturated heterocycles. The highest BCUT2D eigenvalue weighted by Crippen LogP contribution is 2.29. The number of carbonyl (C=O) groups is 1. The number of β-amino-alcohol motifs (C(OH)–C–C–N with tert-alkyl or cyclic N) is 1. The standard InChI is InChI=1S/C14H19N5O2/c1-10-7-11-13(16-4-6-19(11)17-10)18-5-2-3-14(21,9-18)8-12(15)20/h4,6-7,21H,2-3,5,8-9H2,1H3,(H2,15,20). The van der Waals surface area contributed by atoms with E-state index in [1.807, 2.05) is 17.9 Å². The monoisotopic (exact) mass is 289 g/mol. The Morgan fingerprint density at radius 1 is 1.57 bits per heavy atom. The number of amides is 1. The first-order valence-electron chi connectivity index (χ1n) is 7.03. The zero-order valence-electron chi connectivity index (χ0n) is 12.0. The van der Waals surface area contributed by atoms with Crippen molar-refractivity contribution in [3.8, 4) is 0 Å². The van der Waals surface area contributed by atoms with Gasteiger partial charge in [0.05, 0.1) is 17.7 Å². The number of hydrogen-bond donors (Lipinski definition) is 2. The Bertz CT molecular complexity index is 683. The lowest BCUT2D eigenvalue weighted by molar-refractivity contribution is -0.123. The molecule has 0 spiro atoms. The average molecular weight is 289 g/mol. The van der Waals surface area contributed by atoms with Crippen LogP contribution in [0.4, 0.5) is 5.82 Å². The Morgan fingerprint density at radius 2 is 2.38 bits per heavy atom. The lowest BCUT2D eigenvalue weighted by Gasteiger charge is -2.39. The Hall–Kier alpha value is -2.15. The third-order valence-corrected chi connectivity index (χ3v) is 3.85. The van der Waals surface area contributed by atoms with E-state index in [1.165, 1.54) is 0 Å². The molecule has 2 aromatic heterocycles. The summed E-state index contributed by atoms with van der Waals surface area (Å²) in [6.07, 6.45) is 4.83. The first-order chi connectivity index (χ1) is 9.97. The van der Waals surface area contributed by atoms with E-state index in [9.17, 15) is 9.90 Å². The van der Waals surface area contributed by atoms with E-state index in [-0.39, 0.29) is 6.42 Å². The molecule has 2 aromatic rings. The fourth-order valence-corrected chi connectivity index (χ4v) is 3.04. The van der Waals surface area contributed by atoms with Gasteiger partial charge in [-0.3, -0.25) is 4.79 Å². The van der Waals surface area contributed by atoms with E-state index in [1.54, 1.807) is 16.9 Å². The Morgan fingerprint density at radius 3 is 3.14 bits per heavy atom. The van der Waals surface area contributed by atoms with Gasteiger partial charge in [-0.2, -0.15) is 5.10 Å². The summed E-state index contributed by atoms with van der Waals surface area (Å²) in [5, 5.41) is 14.9. The van der Waals surface area contributed by atoms with Gasteiger partial charge in [0.25, 0.3) is 0 Å². The fourth-order valence-electron chi connectivity index (χ4n) is 3.04. The highest BCUT2D eigenvalue weighted by atomic mass is 16.3. The number of carbonyl (C=O) groups excluding carboxylic acids is 1. The minimum absolute atomic E-state index is 0.0229. The average Bonchev–Trinajstić information content (AvgIpc) is 2.77. The number of aliphatic hydroxyl groups is 1. The molecule has 1 aliphatic rings. The van der Waals surface area contributed by atoms with Crippen LogP contribution >= 0.6 is 0 Å². The third kappa shape index (κ3) is 2.69. The summed E-state index contributed by atoms with van der Waals surface area (Å²) in [4.78, 5) is 17.6. The number of aromatic nitrogens is 3. The second-order valence-corrected chi connectivity index (χ2v) is 5.76. The van der Waals surface area contributed by atoms with Crippen LogP contribution in [0.25, 0.3) is 5.52 Å². The number of fused-ring (bicyclic) bond motifs is 1. The highest BCUT2D eigenvalue weighted by Gasteiger charge is 2.35. The van der Waals surface area contributed by atoms with Crippen LogP contribution in [0.1, 0.15) is 25.0 Å². The lowest BCUT2D eigenvalue weighted by Crippen LogP contribution is -2.50. The van der Waals surface area contributed by atoms with Crippen molar-refractivity contribution in [3.63, 3.8) is 0 Å². The fraction of sp³-hybridized carbons (Fsp3) is 0.500. The molecule has 1 aliphatic heterocycles. The lowest BCUT2D eigenvalue weighted by atomic mass is 9.89. The van der Waals surface area contributed by atoms with E-state index >= 15 is 0 Å². The first kappa shape index (κ1) is 13.8. The van der Waals surface area contributed by atoms with Crippen molar-refractivity contribution in [1.29, 1.82) is 0 Å². The molecule has 1 unspecified atom stereocenters. The van der Waals surface area contributed by atoms with E-state index in [2.05, 4.69) is 10.1 Å². The molecular weight excluding hydrogens is 270 g/mol. The van der Waals surface area contributed by atoms with Gasteiger partial charge in [-0.05, 0) is 25.8 Å². The molecule has 7 heteroatoms. The van der Waals surface area contributed by atoms with Crippen molar-refractivity contribution in [1.82, 2.24) is 14.6 Å². The Balaban J connectivity index is 1.93. The molecular formula is C14H19N5O2. The van der Waals surface area contributed by atoms with Crippen LogP contribution in [-0.2, 0) is 4.79 Å². The number of aryl methyl sites for hydroxylation is 1. The smallest absolute Gasteiger partial charge is 0.220 e. The molecule has 21 heavy (non-hydrogen) atoms. The van der Waals surface area contributed by atoms with Gasteiger partial charge in [0, 0.05) is 25.5 Å². The van der Waals surface area contributed by atoms with E-state index in [4.69, 9.17) is 5.73 Å². The summed E-state index contributed by atoms with van der Waals surface area (Å²) in [6, 6.07) is 1.96. The van der Waals surface area contributed by atoms with Crippen LogP contribution in [0, 0.1) is 6.92 Å². The van der Waals surface area contributed by atoms with Crippen LogP contribution < -0.4 is 10.6 Å². The molecule has 0 bridgehead atoms. The highest BCUT2D eigenvalue weighted by molar-refractivity contribution is 5.75. The number of nitrogens with zero attached hydrogens (tertiary/aromatic N) is 4. The molecule has 0 aromatic carbocycles. The maximum atomic E-state index is 11.1. The van der Waals surface area contributed by atoms with Gasteiger partial charge in [-0.25, -0.2) is 9.50 Å². The number of anilines is 1. The molecule has 0 saturated carbocycles. The van der Waals surface area contributed by atoms with Gasteiger partial charge < -0.3 is 15.7 Å². The maximum Gasteiger partial charge on any atom is 0.220 e. The first-order valence-corrected chi connectivity index (χ1v) is 7.03. The molecule has 3 N–H and O–H groups in total. The second kappa shape index (κ2) is 5.00. The minimum atomic E-state index is -1.08. The van der Waals surface area contributed by atoms with Gasteiger partial charge in [0.1, 0.15) is 5.52 Å². The molecule has 1 atom stereocenters. The molecule has 1 fully saturated rings. The maximum absolute atomic E-state index is 11.1. The molecule has 1 amide bonds. The van der Waals surface area contributed by atoms with Crippen molar-refractivity contribution in [2.24, 2.45) is 5.73 Å². The SMILES string of the molecule is Cc1cc2c(N3CCCC(O)(CC(N)=O)C3)nccn2n1. The second-order valence-electron chi connectivity index (χ2n) is 5.76. The molecule has 0 aliphatic carbocycles. The largest absolute Gasteiger partial charge is 0.388 e. The van der Waals surface area contributed by atoms with Crippen molar-refractivity contribution in [2.75, 3.05) is 18.0 Å². The van der Waals surface area contributed by atoms with Crippen molar-refractivity contribution >= 4 is 17.2 Å². The van der Waals surface area contributed by atoms with E-state index < -0.39 is 11.5 Å². The van der Waals surface area contributed by atoms with Crippen molar-refractivity contribution < 1.29 is 9.90 Å². The van der Waals surface area contributed by atoms with Crippen LogP contribution in [0.3, 0.4) is 0 Å². The Labute approximate surface area is 122 Å². The zero-order valence-corrected chi connectivity index (χ0v) is 12.0. The summed E-state index contributed by atoms with van der Waals surface area (Å²) in [6.45, 7) is 3.07. The van der Waals surface area contributed by atoms with Crippen LogP contribution in [0.2, 0.25) is 0 Å². The third-order valence-electron chi connectivity index (χ3n) is 3.85. The quantitative estimate of drug-likeness (QED) is 0.844. The van der Waals surface area contributed by atoms with Gasteiger partial charge in [0.15, 0.2) is 5.82 Å². The van der Waals surface area contributed by atoms with Gasteiger partial charge in [0.2, 0.25) is 5.91 Å². The minimum Gasteiger partial charge on any atom is -0.388 e. The van der Waals surface area contributed by atoms with Gasteiger partial charge in [-0.1, -0.05) is 0 Å². The molecule has 3 rings (SSSR count). The predicted octanol–water partition coefficient (Wildman–Crippen LogP) is 0.244. The number of hydrogen-bond acceptors (Lipinski definition) is 5. The number of nitrogens with two attached hydrogens (primary N) is 1. The topological polar surface area (TPSA) is 96.8 Å². The molecule has 3 heterocycles. The van der Waals surface area contributed by atoms with Crippen LogP contribution in [0.5, 0.6) is 0 Å². The van der Waals surface area contributed by atoms with Crippen molar-refractivity contribution in [2.45, 2.75) is 31.8 Å². The Kier molecular flexibility index (Phi) is 3.29. The van der Waals surface area contributed by atoms with Gasteiger partial charge >= 0.3 is 0 Å². The predicted molar refractivity (Wildman–Crippen MR) is 77.9 cm³/mol. The van der Waals surface area contributed by atoms with Crippen LogP contribution in [-0.4, -0.2) is 44.3 Å². The van der Waals surface area contributed by atoms with E-state index in [0.717, 1.165) is 30.0 Å². The molecule has 112 valence electrons. The summed E-state index contributed by atoms with van der Waals surface area (Å²) in [5.74, 6) is 0.298. The number of primary amides is 1. The zero-order chi connectivity index (χ0) is 15.0. The summed E-state index contributed by atoms with van der Waals surface area (Å²) in [7, 11) is 0. The van der Waals surface area contributed by atoms with E-state index in [0.29, 0.717) is 13.0 Å². The summed E-state index contributed by atoms with van der Waals surface area (Å²) in [5.41, 5.74) is 5.98. The molecule has 0 radical (unpaired) electrons. The van der Waals surface area contributed by atoms with Crippen LogP contribution in [0.15, 0.2) is 18.5 Å². The van der Waals surface area contributed by atoms with Crippen molar-refractivity contribution in [3.05, 3.63) is 24.2 Å². The molecule has 7 nitrogen and oxygen atoms in total. The summed E-state index contributed by atoms with van der Waals surface area (Å²) >= 11 is 0.